The van der Waals surface area contributed by atoms with Gasteiger partial charge in [0.15, 0.2) is 9.84 Å². The van der Waals surface area contributed by atoms with E-state index < -0.39 is 21.5 Å². The van der Waals surface area contributed by atoms with Crippen LogP contribution in [-0.4, -0.2) is 48.3 Å². The zero-order chi connectivity index (χ0) is 17.1. The molecular formula is C16H24N2O4S. The molecule has 1 aromatic rings. The van der Waals surface area contributed by atoms with Crippen LogP contribution in [0.4, 0.5) is 4.79 Å². The number of hydrogen-bond acceptors (Lipinski definition) is 5. The molecule has 0 aliphatic carbocycles. The quantitative estimate of drug-likeness (QED) is 0.841. The lowest BCUT2D eigenvalue weighted by Gasteiger charge is -2.28. The second kappa shape index (κ2) is 6.86. The topological polar surface area (TPSA) is 76.6 Å². The molecule has 0 aromatic carbocycles. The molecule has 7 heteroatoms. The zero-order valence-electron chi connectivity index (χ0n) is 13.9. The normalized spacial score (nSPS) is 18.9. The van der Waals surface area contributed by atoms with Crippen molar-refractivity contribution in [3.8, 4) is 0 Å². The van der Waals surface area contributed by atoms with Crippen molar-refractivity contribution in [2.24, 2.45) is 0 Å². The average molecular weight is 340 g/mol. The Labute approximate surface area is 137 Å². The van der Waals surface area contributed by atoms with Crippen LogP contribution in [0.3, 0.4) is 0 Å². The van der Waals surface area contributed by atoms with E-state index in [0.29, 0.717) is 18.7 Å². The first kappa shape index (κ1) is 17.7. The molecule has 0 spiro atoms. The number of likely N-dealkylation sites (tertiary alicyclic amines) is 1. The Morgan fingerprint density at radius 1 is 1.39 bits per heavy atom. The molecule has 0 radical (unpaired) electrons. The summed E-state index contributed by atoms with van der Waals surface area (Å²) >= 11 is 0. The molecule has 128 valence electrons. The second-order valence-electron chi connectivity index (χ2n) is 6.85. The lowest BCUT2D eigenvalue weighted by Crippen LogP contribution is -2.42. The highest BCUT2D eigenvalue weighted by Crippen LogP contribution is 2.22. The Bertz CT molecular complexity index is 638. The third-order valence-corrected chi connectivity index (χ3v) is 5.17. The number of pyridine rings is 1. The van der Waals surface area contributed by atoms with Crippen LogP contribution in [0.2, 0.25) is 0 Å². The molecule has 0 N–H and O–H groups in total. The molecule has 2 heterocycles. The van der Waals surface area contributed by atoms with Crippen molar-refractivity contribution in [2.75, 3.05) is 12.3 Å². The number of hydrogen-bond donors (Lipinski definition) is 0. The first-order valence-electron chi connectivity index (χ1n) is 7.76. The highest BCUT2D eigenvalue weighted by molar-refractivity contribution is 7.90. The van der Waals surface area contributed by atoms with E-state index >= 15 is 0 Å². The second-order valence-corrected chi connectivity index (χ2v) is 8.95. The maximum atomic E-state index is 12.4. The molecule has 2 rings (SSSR count). The van der Waals surface area contributed by atoms with E-state index in [9.17, 15) is 13.2 Å². The van der Waals surface area contributed by atoms with E-state index in [-0.39, 0.29) is 17.5 Å². The maximum Gasteiger partial charge on any atom is 0.410 e. The molecule has 1 atom stereocenters. The smallest absolute Gasteiger partial charge is 0.410 e. The van der Waals surface area contributed by atoms with Gasteiger partial charge in [-0.15, -0.1) is 0 Å². The van der Waals surface area contributed by atoms with Gasteiger partial charge in [0, 0.05) is 18.8 Å². The summed E-state index contributed by atoms with van der Waals surface area (Å²) in [5, 5.41) is 0. The number of amides is 1. The van der Waals surface area contributed by atoms with Gasteiger partial charge in [0.1, 0.15) is 5.60 Å². The van der Waals surface area contributed by atoms with Crippen molar-refractivity contribution < 1.29 is 17.9 Å². The molecule has 0 unspecified atom stereocenters. The van der Waals surface area contributed by atoms with Gasteiger partial charge in [0.25, 0.3) is 0 Å². The average Bonchev–Trinajstić information content (AvgIpc) is 2.84. The third kappa shape index (κ3) is 5.49. The lowest BCUT2D eigenvalue weighted by molar-refractivity contribution is 0.0241. The predicted molar refractivity (Wildman–Crippen MR) is 87.7 cm³/mol. The number of nitrogens with zero attached hydrogens (tertiary/aromatic N) is 2. The summed E-state index contributed by atoms with van der Waals surface area (Å²) in [6.07, 6.45) is 2.62. The largest absolute Gasteiger partial charge is 0.444 e. The van der Waals surface area contributed by atoms with Crippen LogP contribution in [0, 0.1) is 0 Å². The molecule has 0 bridgehead atoms. The van der Waals surface area contributed by atoms with E-state index in [4.69, 9.17) is 4.74 Å². The summed E-state index contributed by atoms with van der Waals surface area (Å²) in [6.45, 7) is 5.94. The van der Waals surface area contributed by atoms with Gasteiger partial charge < -0.3 is 9.64 Å². The number of carbonyl (C=O) groups is 1. The van der Waals surface area contributed by atoms with Crippen molar-refractivity contribution in [2.45, 2.75) is 51.0 Å². The van der Waals surface area contributed by atoms with Gasteiger partial charge in [-0.2, -0.15) is 0 Å². The van der Waals surface area contributed by atoms with Crippen molar-refractivity contribution >= 4 is 15.9 Å². The lowest BCUT2D eigenvalue weighted by atomic mass is 10.2. The molecular weight excluding hydrogens is 316 g/mol. The summed E-state index contributed by atoms with van der Waals surface area (Å²) in [6, 6.07) is 4.88. The fraction of sp³-hybridized carbons (Fsp3) is 0.625. The minimum absolute atomic E-state index is 0.0528. The van der Waals surface area contributed by atoms with Gasteiger partial charge in [-0.3, -0.25) is 4.98 Å². The molecule has 0 saturated carbocycles. The zero-order valence-corrected chi connectivity index (χ0v) is 14.7. The SMILES string of the molecule is CC(C)(C)OC(=O)N1CCC[C@H]1CS(=O)(=O)Cc1ccccn1. The van der Waals surface area contributed by atoms with Crippen LogP contribution >= 0.6 is 0 Å². The number of rotatable bonds is 4. The van der Waals surface area contributed by atoms with E-state index in [1.54, 1.807) is 50.1 Å². The molecule has 1 aliphatic rings. The predicted octanol–water partition coefficient (Wildman–Crippen LogP) is 2.40. The van der Waals surface area contributed by atoms with Gasteiger partial charge in [-0.25, -0.2) is 13.2 Å². The molecule has 1 aliphatic heterocycles. The van der Waals surface area contributed by atoms with Gasteiger partial charge in [-0.1, -0.05) is 6.07 Å². The first-order chi connectivity index (χ1) is 10.7. The highest BCUT2D eigenvalue weighted by Gasteiger charge is 2.35. The summed E-state index contributed by atoms with van der Waals surface area (Å²) in [7, 11) is -3.34. The standard InChI is InChI=1S/C16H24N2O4S/c1-16(2,3)22-15(19)18-10-6-8-14(18)12-23(20,21)11-13-7-4-5-9-17-13/h4-5,7,9,14H,6,8,10-12H2,1-3H3/t14-/m0/s1. The van der Waals surface area contributed by atoms with Crippen LogP contribution in [0.1, 0.15) is 39.3 Å². The number of aromatic nitrogens is 1. The minimum atomic E-state index is -3.34. The Morgan fingerprint density at radius 3 is 2.74 bits per heavy atom. The van der Waals surface area contributed by atoms with Crippen molar-refractivity contribution in [1.29, 1.82) is 0 Å². The van der Waals surface area contributed by atoms with E-state index in [1.165, 1.54) is 0 Å². The molecule has 23 heavy (non-hydrogen) atoms. The monoisotopic (exact) mass is 340 g/mol. The first-order valence-corrected chi connectivity index (χ1v) is 9.58. The van der Waals surface area contributed by atoms with Crippen molar-refractivity contribution in [1.82, 2.24) is 9.88 Å². The molecule has 1 saturated heterocycles. The Balaban J connectivity index is 2.01. The maximum absolute atomic E-state index is 12.4. The molecule has 6 nitrogen and oxygen atoms in total. The summed E-state index contributed by atoms with van der Waals surface area (Å²) in [4.78, 5) is 17.8. The van der Waals surface area contributed by atoms with Crippen molar-refractivity contribution in [3.63, 3.8) is 0 Å². The van der Waals surface area contributed by atoms with Crippen LogP contribution in [-0.2, 0) is 20.3 Å². The minimum Gasteiger partial charge on any atom is -0.444 e. The number of sulfone groups is 1. The van der Waals surface area contributed by atoms with Crippen LogP contribution < -0.4 is 0 Å². The number of ether oxygens (including phenoxy) is 1. The highest BCUT2D eigenvalue weighted by atomic mass is 32.2. The Morgan fingerprint density at radius 2 is 2.13 bits per heavy atom. The van der Waals surface area contributed by atoms with Gasteiger partial charge >= 0.3 is 6.09 Å². The van der Waals surface area contributed by atoms with E-state index in [0.717, 1.165) is 6.42 Å². The number of carbonyl (C=O) groups excluding carboxylic acids is 1. The fourth-order valence-electron chi connectivity index (χ4n) is 2.63. The van der Waals surface area contributed by atoms with E-state index in [1.807, 2.05) is 0 Å². The van der Waals surface area contributed by atoms with Gasteiger partial charge in [0.2, 0.25) is 0 Å². The van der Waals surface area contributed by atoms with Crippen LogP contribution in [0.5, 0.6) is 0 Å². The summed E-state index contributed by atoms with van der Waals surface area (Å²) < 4.78 is 30.1. The Hall–Kier alpha value is -1.63. The van der Waals surface area contributed by atoms with Crippen LogP contribution in [0.25, 0.3) is 0 Å². The summed E-state index contributed by atoms with van der Waals surface area (Å²) in [5.74, 6) is -0.157. The van der Waals surface area contributed by atoms with Gasteiger partial charge in [-0.05, 0) is 45.7 Å². The van der Waals surface area contributed by atoms with Gasteiger partial charge in [0.05, 0.1) is 17.2 Å². The fourth-order valence-corrected chi connectivity index (χ4v) is 4.30. The molecule has 1 aromatic heterocycles. The summed E-state index contributed by atoms with van der Waals surface area (Å²) in [5.41, 5.74) is -0.0637. The van der Waals surface area contributed by atoms with Crippen LogP contribution in [0.15, 0.2) is 24.4 Å². The molecule has 1 fully saturated rings. The molecule has 1 amide bonds. The third-order valence-electron chi connectivity index (χ3n) is 3.55. The van der Waals surface area contributed by atoms with Crippen molar-refractivity contribution in [3.05, 3.63) is 30.1 Å². The van der Waals surface area contributed by atoms with E-state index in [2.05, 4.69) is 4.98 Å². The Kier molecular flexibility index (Phi) is 5.29.